The van der Waals surface area contributed by atoms with Gasteiger partial charge in [-0.05, 0) is 30.7 Å². The molecule has 0 radical (unpaired) electrons. The van der Waals surface area contributed by atoms with Crippen molar-refractivity contribution >= 4 is 28.8 Å². The summed E-state index contributed by atoms with van der Waals surface area (Å²) in [4.78, 5) is 15.5. The minimum absolute atomic E-state index is 0.0903. The topological polar surface area (TPSA) is 42.0 Å². The first-order chi connectivity index (χ1) is 14.4. The van der Waals surface area contributed by atoms with E-state index in [1.54, 1.807) is 12.1 Å². The van der Waals surface area contributed by atoms with Crippen LogP contribution in [0.1, 0.15) is 39.5 Å². The van der Waals surface area contributed by atoms with Gasteiger partial charge in [-0.25, -0.2) is 4.98 Å². The molecule has 1 atom stereocenters. The molecule has 0 bridgehead atoms. The molecule has 164 valence electrons. The summed E-state index contributed by atoms with van der Waals surface area (Å²) in [5.41, 5.74) is -2.00. The Bertz CT molecular complexity index is 1110. The molecule has 31 heavy (non-hydrogen) atoms. The average molecular weight is 479 g/mol. The molecule has 1 unspecified atom stereocenters. The molecule has 0 spiro atoms. The lowest BCUT2D eigenvalue weighted by Crippen LogP contribution is -2.28. The van der Waals surface area contributed by atoms with Crippen LogP contribution in [0.25, 0.3) is 10.6 Å². The number of carbonyl (C=O) groups is 1. The van der Waals surface area contributed by atoms with Crippen molar-refractivity contribution in [1.82, 2.24) is 10.3 Å². The lowest BCUT2D eigenvalue weighted by molar-refractivity contribution is -0.141. The first kappa shape index (κ1) is 23.1. The molecule has 0 saturated heterocycles. The van der Waals surface area contributed by atoms with Crippen molar-refractivity contribution in [3.05, 3.63) is 75.3 Å². The van der Waals surface area contributed by atoms with Crippen LogP contribution < -0.4 is 5.32 Å². The van der Waals surface area contributed by atoms with E-state index in [4.69, 9.17) is 11.6 Å². The van der Waals surface area contributed by atoms with E-state index in [0.29, 0.717) is 11.3 Å². The monoisotopic (exact) mass is 478 g/mol. The van der Waals surface area contributed by atoms with Crippen molar-refractivity contribution in [3.8, 4) is 10.6 Å². The van der Waals surface area contributed by atoms with Crippen LogP contribution in [-0.4, -0.2) is 10.9 Å². The molecular formula is C20H13ClF6N2OS. The number of rotatable bonds is 4. The van der Waals surface area contributed by atoms with Crippen LogP contribution in [0.5, 0.6) is 0 Å². The molecular weight excluding hydrogens is 466 g/mol. The van der Waals surface area contributed by atoms with Gasteiger partial charge in [-0.15, -0.1) is 11.3 Å². The highest BCUT2D eigenvalue weighted by Crippen LogP contribution is 2.39. The predicted octanol–water partition coefficient (Wildman–Crippen LogP) is 6.99. The Labute approximate surface area is 181 Å². The number of aromatic nitrogens is 1. The fourth-order valence-electron chi connectivity index (χ4n) is 2.75. The van der Waals surface area contributed by atoms with Gasteiger partial charge in [-0.2, -0.15) is 26.3 Å². The van der Waals surface area contributed by atoms with Crippen LogP contribution in [-0.2, 0) is 12.4 Å². The molecule has 0 fully saturated rings. The number of nitrogens with one attached hydrogen (secondary N) is 1. The smallest absolute Gasteiger partial charge is 0.345 e. The summed E-state index contributed by atoms with van der Waals surface area (Å²) in [6.45, 7) is 1.37. The van der Waals surface area contributed by atoms with Gasteiger partial charge < -0.3 is 5.32 Å². The zero-order valence-electron chi connectivity index (χ0n) is 15.6. The molecule has 11 heteroatoms. The first-order valence-corrected chi connectivity index (χ1v) is 9.88. The molecule has 0 aliphatic rings. The van der Waals surface area contributed by atoms with Crippen molar-refractivity contribution in [2.45, 2.75) is 25.3 Å². The zero-order chi connectivity index (χ0) is 23.0. The summed E-state index contributed by atoms with van der Waals surface area (Å²) in [6.07, 6.45) is -9.51. The number of halogens is 7. The SMILES string of the molecule is CC(NC(=O)c1sc(-c2ccccc2Cl)nc1C(F)(F)F)c1cccc(C(F)(F)F)c1. The van der Waals surface area contributed by atoms with Gasteiger partial charge in [0.15, 0.2) is 5.69 Å². The van der Waals surface area contributed by atoms with Crippen LogP contribution in [0.2, 0.25) is 5.02 Å². The maximum absolute atomic E-state index is 13.5. The highest BCUT2D eigenvalue weighted by Gasteiger charge is 2.40. The largest absolute Gasteiger partial charge is 0.435 e. The van der Waals surface area contributed by atoms with Crippen LogP contribution in [0.15, 0.2) is 48.5 Å². The van der Waals surface area contributed by atoms with Gasteiger partial charge in [0.2, 0.25) is 0 Å². The number of thiazole rings is 1. The number of hydrogen-bond acceptors (Lipinski definition) is 3. The molecule has 0 aliphatic heterocycles. The van der Waals surface area contributed by atoms with Crippen molar-refractivity contribution in [2.75, 3.05) is 0 Å². The molecule has 1 N–H and O–H groups in total. The summed E-state index contributed by atoms with van der Waals surface area (Å²) < 4.78 is 79.2. The van der Waals surface area contributed by atoms with E-state index in [9.17, 15) is 31.1 Å². The maximum Gasteiger partial charge on any atom is 0.435 e. The Morgan fingerprint density at radius 2 is 1.71 bits per heavy atom. The van der Waals surface area contributed by atoms with E-state index in [1.807, 2.05) is 0 Å². The van der Waals surface area contributed by atoms with Crippen molar-refractivity contribution < 1.29 is 31.1 Å². The number of carbonyl (C=O) groups excluding carboxylic acids is 1. The quantitative estimate of drug-likeness (QED) is 0.410. The second-order valence-corrected chi connectivity index (χ2v) is 7.90. The van der Waals surface area contributed by atoms with Crippen molar-refractivity contribution in [2.24, 2.45) is 0 Å². The molecule has 3 nitrogen and oxygen atoms in total. The van der Waals surface area contributed by atoms with Gasteiger partial charge in [-0.3, -0.25) is 4.79 Å². The highest BCUT2D eigenvalue weighted by atomic mass is 35.5. The molecule has 0 saturated carbocycles. The Morgan fingerprint density at radius 3 is 2.32 bits per heavy atom. The number of amides is 1. The average Bonchev–Trinajstić information content (AvgIpc) is 3.13. The second kappa shape index (κ2) is 8.51. The molecule has 0 aliphatic carbocycles. The fraction of sp³-hybridized carbons (Fsp3) is 0.200. The van der Waals surface area contributed by atoms with E-state index in [2.05, 4.69) is 10.3 Å². The summed E-state index contributed by atoms with van der Waals surface area (Å²) in [5.74, 6) is -1.10. The minimum Gasteiger partial charge on any atom is -0.345 e. The van der Waals surface area contributed by atoms with Crippen LogP contribution in [0.4, 0.5) is 26.3 Å². The van der Waals surface area contributed by atoms with Gasteiger partial charge >= 0.3 is 12.4 Å². The number of alkyl halides is 6. The van der Waals surface area contributed by atoms with Gasteiger partial charge in [-0.1, -0.05) is 41.9 Å². The van der Waals surface area contributed by atoms with Gasteiger partial charge in [0.05, 0.1) is 16.6 Å². The summed E-state index contributed by atoms with van der Waals surface area (Å²) in [5, 5.41) is 2.37. The van der Waals surface area contributed by atoms with Crippen LogP contribution >= 0.6 is 22.9 Å². The molecule has 1 heterocycles. The third-order valence-corrected chi connectivity index (χ3v) is 5.68. The lowest BCUT2D eigenvalue weighted by atomic mass is 10.0. The molecule has 1 amide bonds. The van der Waals surface area contributed by atoms with Crippen molar-refractivity contribution in [3.63, 3.8) is 0 Å². The molecule has 3 rings (SSSR count). The zero-order valence-corrected chi connectivity index (χ0v) is 17.2. The van der Waals surface area contributed by atoms with E-state index in [-0.39, 0.29) is 21.2 Å². The first-order valence-electron chi connectivity index (χ1n) is 8.69. The Morgan fingerprint density at radius 1 is 1.03 bits per heavy atom. The summed E-state index contributed by atoms with van der Waals surface area (Å²) in [6, 6.07) is 9.30. The second-order valence-electron chi connectivity index (χ2n) is 6.49. The van der Waals surface area contributed by atoms with Crippen LogP contribution in [0.3, 0.4) is 0 Å². The normalized spacial score (nSPS) is 13.2. The van der Waals surface area contributed by atoms with E-state index < -0.39 is 40.4 Å². The Hall–Kier alpha value is -2.59. The third-order valence-electron chi connectivity index (χ3n) is 4.27. The predicted molar refractivity (Wildman–Crippen MR) is 105 cm³/mol. The molecule has 1 aromatic heterocycles. The highest BCUT2D eigenvalue weighted by molar-refractivity contribution is 7.17. The van der Waals surface area contributed by atoms with Gasteiger partial charge in [0, 0.05) is 5.56 Å². The van der Waals surface area contributed by atoms with E-state index in [0.717, 1.165) is 18.2 Å². The summed E-state index contributed by atoms with van der Waals surface area (Å²) in [7, 11) is 0. The fourth-order valence-corrected chi connectivity index (χ4v) is 4.06. The number of nitrogens with zero attached hydrogens (tertiary/aromatic N) is 1. The maximum atomic E-state index is 13.5. The molecule has 2 aromatic carbocycles. The Kier molecular flexibility index (Phi) is 6.33. The third kappa shape index (κ3) is 5.19. The summed E-state index contributed by atoms with van der Waals surface area (Å²) >= 11 is 6.52. The van der Waals surface area contributed by atoms with Crippen LogP contribution in [0, 0.1) is 0 Å². The molecule has 3 aromatic rings. The van der Waals surface area contributed by atoms with Crippen molar-refractivity contribution in [1.29, 1.82) is 0 Å². The lowest BCUT2D eigenvalue weighted by Gasteiger charge is -2.16. The Balaban J connectivity index is 1.93. The number of hydrogen-bond donors (Lipinski definition) is 1. The standard InChI is InChI=1S/C20H13ClF6N2OS/c1-10(11-5-4-6-12(9-11)19(22,23)24)28-17(30)15-16(20(25,26)27)29-18(31-15)13-7-2-3-8-14(13)21/h2-10H,1H3,(H,28,30). The minimum atomic E-state index is -4.91. The van der Waals surface area contributed by atoms with E-state index in [1.165, 1.54) is 25.1 Å². The number of benzene rings is 2. The van der Waals surface area contributed by atoms with E-state index >= 15 is 0 Å². The van der Waals surface area contributed by atoms with Gasteiger partial charge in [0.25, 0.3) is 5.91 Å². The van der Waals surface area contributed by atoms with Gasteiger partial charge in [0.1, 0.15) is 9.88 Å².